The highest BCUT2D eigenvalue weighted by Crippen LogP contribution is 2.22. The Morgan fingerprint density at radius 2 is 1.73 bits per heavy atom. The van der Waals surface area contributed by atoms with Crippen LogP contribution < -0.4 is 5.01 Å². The molecule has 3 aromatic rings. The molecule has 0 aliphatic carbocycles. The first-order chi connectivity index (χ1) is 12.5. The summed E-state index contributed by atoms with van der Waals surface area (Å²) in [4.78, 5) is 5.88. The van der Waals surface area contributed by atoms with E-state index in [1.165, 1.54) is 16.7 Å². The fraction of sp³-hybridized carbons (Fsp3) is 0.273. The van der Waals surface area contributed by atoms with Gasteiger partial charge in [-0.3, -0.25) is 5.01 Å². The minimum atomic E-state index is 0.169. The van der Waals surface area contributed by atoms with E-state index in [9.17, 15) is 0 Å². The summed E-state index contributed by atoms with van der Waals surface area (Å²) in [6.07, 6.45) is 7.59. The Morgan fingerprint density at radius 1 is 1.00 bits per heavy atom. The van der Waals surface area contributed by atoms with Crippen LogP contribution in [0.3, 0.4) is 0 Å². The summed E-state index contributed by atoms with van der Waals surface area (Å²) >= 11 is 0. The van der Waals surface area contributed by atoms with Crippen molar-refractivity contribution >= 4 is 6.08 Å². The molecule has 4 nitrogen and oxygen atoms in total. The van der Waals surface area contributed by atoms with Gasteiger partial charge in [0.15, 0.2) is 0 Å². The van der Waals surface area contributed by atoms with E-state index in [1.807, 2.05) is 18.2 Å². The van der Waals surface area contributed by atoms with Crippen molar-refractivity contribution < 1.29 is 0 Å². The summed E-state index contributed by atoms with van der Waals surface area (Å²) in [7, 11) is 0. The van der Waals surface area contributed by atoms with Crippen molar-refractivity contribution in [1.82, 2.24) is 14.9 Å². The zero-order chi connectivity index (χ0) is 18.4. The van der Waals surface area contributed by atoms with Crippen LogP contribution in [0.25, 0.3) is 6.08 Å². The van der Waals surface area contributed by atoms with Crippen molar-refractivity contribution in [3.8, 4) is 0 Å². The molecule has 0 atom stereocenters. The summed E-state index contributed by atoms with van der Waals surface area (Å²) in [6, 6.07) is 19.2. The van der Waals surface area contributed by atoms with Crippen molar-refractivity contribution in [3.63, 3.8) is 0 Å². The molecular weight excluding hydrogens is 320 g/mol. The number of rotatable bonds is 6. The number of aromatic nitrogens is 3. The van der Waals surface area contributed by atoms with E-state index in [2.05, 4.69) is 84.4 Å². The molecule has 0 bridgehead atoms. The number of hydrogen-bond donors (Lipinski definition) is 0. The zero-order valence-electron chi connectivity index (χ0n) is 15.7. The molecular formula is C22H26N4. The third kappa shape index (κ3) is 4.82. The standard InChI is InChI=1S/C22H26N4/c1-22(2,3)21-13-11-20(12-14-21)16-25(26-18-23-17-24-26)15-7-10-19-8-5-4-6-9-19/h4-14,17-18H,15-16H2,1-3H3/b10-7+. The molecule has 0 N–H and O–H groups in total. The average Bonchev–Trinajstić information content (AvgIpc) is 3.16. The monoisotopic (exact) mass is 346 g/mol. The van der Waals surface area contributed by atoms with Gasteiger partial charge in [0.1, 0.15) is 12.7 Å². The Hall–Kier alpha value is -2.88. The highest BCUT2D eigenvalue weighted by molar-refractivity contribution is 5.49. The van der Waals surface area contributed by atoms with Gasteiger partial charge in [-0.2, -0.15) is 4.79 Å². The first-order valence-corrected chi connectivity index (χ1v) is 8.93. The molecule has 0 saturated heterocycles. The Labute approximate surface area is 155 Å². The lowest BCUT2D eigenvalue weighted by molar-refractivity contribution is 0.551. The van der Waals surface area contributed by atoms with Gasteiger partial charge >= 0.3 is 0 Å². The minimum absolute atomic E-state index is 0.169. The van der Waals surface area contributed by atoms with Crippen LogP contribution in [-0.4, -0.2) is 21.4 Å². The van der Waals surface area contributed by atoms with Gasteiger partial charge in [-0.05, 0) is 22.1 Å². The van der Waals surface area contributed by atoms with Crippen molar-refractivity contribution in [2.24, 2.45) is 0 Å². The summed E-state index contributed by atoms with van der Waals surface area (Å²) in [6.45, 7) is 8.22. The Kier molecular flexibility index (Phi) is 5.52. The summed E-state index contributed by atoms with van der Waals surface area (Å²) in [5.74, 6) is 0. The lowest BCUT2D eigenvalue weighted by Gasteiger charge is -2.23. The third-order valence-corrected chi connectivity index (χ3v) is 4.31. The Bertz CT molecular complexity index is 813. The van der Waals surface area contributed by atoms with Crippen LogP contribution in [0.15, 0.2) is 73.3 Å². The van der Waals surface area contributed by atoms with Crippen LogP contribution in [0, 0.1) is 0 Å². The van der Waals surface area contributed by atoms with E-state index in [0.29, 0.717) is 0 Å². The van der Waals surface area contributed by atoms with Gasteiger partial charge in [-0.1, -0.05) is 87.5 Å². The first-order valence-electron chi connectivity index (χ1n) is 8.93. The van der Waals surface area contributed by atoms with Gasteiger partial charge in [0, 0.05) is 0 Å². The van der Waals surface area contributed by atoms with Crippen molar-refractivity contribution in [1.29, 1.82) is 0 Å². The average molecular weight is 346 g/mol. The highest BCUT2D eigenvalue weighted by Gasteiger charge is 2.13. The van der Waals surface area contributed by atoms with Gasteiger partial charge in [-0.25, -0.2) is 4.98 Å². The first kappa shape index (κ1) is 17.9. The second-order valence-electron chi connectivity index (χ2n) is 7.42. The Balaban J connectivity index is 1.72. The molecule has 0 radical (unpaired) electrons. The van der Waals surface area contributed by atoms with Gasteiger partial charge in [-0.15, -0.1) is 5.10 Å². The largest absolute Gasteiger partial charge is 0.287 e. The van der Waals surface area contributed by atoms with Gasteiger partial charge in [0.2, 0.25) is 0 Å². The van der Waals surface area contributed by atoms with Gasteiger partial charge < -0.3 is 0 Å². The molecule has 0 amide bonds. The molecule has 1 aromatic heterocycles. The molecule has 2 aromatic carbocycles. The number of hydrogen-bond acceptors (Lipinski definition) is 3. The lowest BCUT2D eigenvalue weighted by Crippen LogP contribution is -2.34. The summed E-state index contributed by atoms with van der Waals surface area (Å²) in [5, 5.41) is 6.44. The molecule has 0 saturated carbocycles. The van der Waals surface area contributed by atoms with Gasteiger partial charge in [0.25, 0.3) is 0 Å². The number of nitrogens with zero attached hydrogens (tertiary/aromatic N) is 4. The molecule has 1 heterocycles. The predicted octanol–water partition coefficient (Wildman–Crippen LogP) is 4.43. The quantitative estimate of drug-likeness (QED) is 0.662. The van der Waals surface area contributed by atoms with Crippen LogP contribution in [0.4, 0.5) is 0 Å². The normalized spacial score (nSPS) is 11.8. The molecule has 0 aliphatic rings. The van der Waals surface area contributed by atoms with Crippen LogP contribution in [-0.2, 0) is 12.0 Å². The molecule has 0 unspecified atom stereocenters. The van der Waals surface area contributed by atoms with Crippen LogP contribution >= 0.6 is 0 Å². The lowest BCUT2D eigenvalue weighted by atomic mass is 9.87. The maximum absolute atomic E-state index is 4.29. The van der Waals surface area contributed by atoms with E-state index >= 15 is 0 Å². The Morgan fingerprint density at radius 3 is 2.35 bits per heavy atom. The molecule has 134 valence electrons. The predicted molar refractivity (Wildman–Crippen MR) is 107 cm³/mol. The van der Waals surface area contributed by atoms with E-state index in [-0.39, 0.29) is 5.41 Å². The van der Waals surface area contributed by atoms with Gasteiger partial charge in [0.05, 0.1) is 13.1 Å². The molecule has 3 rings (SSSR count). The maximum Gasteiger partial charge on any atom is 0.139 e. The molecule has 0 fully saturated rings. The third-order valence-electron chi connectivity index (χ3n) is 4.31. The van der Waals surface area contributed by atoms with E-state index in [4.69, 9.17) is 0 Å². The zero-order valence-corrected chi connectivity index (χ0v) is 15.7. The number of benzene rings is 2. The highest BCUT2D eigenvalue weighted by atomic mass is 15.7. The van der Waals surface area contributed by atoms with E-state index in [1.54, 1.807) is 17.4 Å². The summed E-state index contributed by atoms with van der Waals surface area (Å²) < 4.78 is 0. The molecule has 26 heavy (non-hydrogen) atoms. The fourth-order valence-electron chi connectivity index (χ4n) is 2.76. The van der Waals surface area contributed by atoms with E-state index in [0.717, 1.165) is 13.1 Å². The fourth-order valence-corrected chi connectivity index (χ4v) is 2.76. The maximum atomic E-state index is 4.29. The second-order valence-corrected chi connectivity index (χ2v) is 7.42. The minimum Gasteiger partial charge on any atom is -0.287 e. The van der Waals surface area contributed by atoms with Crippen molar-refractivity contribution in [2.75, 3.05) is 11.6 Å². The van der Waals surface area contributed by atoms with Crippen molar-refractivity contribution in [2.45, 2.75) is 32.7 Å². The topological polar surface area (TPSA) is 34.0 Å². The molecule has 0 spiro atoms. The molecule has 4 heteroatoms. The van der Waals surface area contributed by atoms with Crippen LogP contribution in [0.1, 0.15) is 37.5 Å². The van der Waals surface area contributed by atoms with E-state index < -0.39 is 0 Å². The summed E-state index contributed by atoms with van der Waals surface area (Å²) in [5.41, 5.74) is 3.96. The smallest absolute Gasteiger partial charge is 0.139 e. The van der Waals surface area contributed by atoms with Crippen LogP contribution in [0.2, 0.25) is 0 Å². The van der Waals surface area contributed by atoms with Crippen molar-refractivity contribution in [3.05, 3.63) is 90.0 Å². The molecule has 0 aliphatic heterocycles. The van der Waals surface area contributed by atoms with Crippen LogP contribution in [0.5, 0.6) is 0 Å². The second kappa shape index (κ2) is 8.00. The SMILES string of the molecule is CC(C)(C)c1ccc(CN(C/C=C/c2ccccc2)n2cncn2)cc1.